The molecule has 0 aromatic carbocycles. The second kappa shape index (κ2) is 6.04. The average molecular weight is 172 g/mol. The topological polar surface area (TPSA) is 26.3 Å². The van der Waals surface area contributed by atoms with Crippen molar-refractivity contribution >= 4 is 5.97 Å². The SMILES string of the molecule is CCCCC(=O)OC(C)C(C)C. The van der Waals surface area contributed by atoms with Gasteiger partial charge in [-0.05, 0) is 19.3 Å². The van der Waals surface area contributed by atoms with E-state index in [-0.39, 0.29) is 12.1 Å². The van der Waals surface area contributed by atoms with E-state index in [4.69, 9.17) is 4.74 Å². The lowest BCUT2D eigenvalue weighted by atomic mass is 10.1. The van der Waals surface area contributed by atoms with Gasteiger partial charge in [0.25, 0.3) is 0 Å². The maximum atomic E-state index is 11.1. The van der Waals surface area contributed by atoms with Gasteiger partial charge in [0.1, 0.15) is 6.10 Å². The van der Waals surface area contributed by atoms with Crippen molar-refractivity contribution in [3.8, 4) is 0 Å². The Morgan fingerprint density at radius 3 is 2.33 bits per heavy atom. The van der Waals surface area contributed by atoms with Crippen LogP contribution in [0.15, 0.2) is 0 Å². The van der Waals surface area contributed by atoms with Crippen LogP contribution in [0.4, 0.5) is 0 Å². The van der Waals surface area contributed by atoms with Crippen molar-refractivity contribution in [1.29, 1.82) is 0 Å². The standard InChI is InChI=1S/C10H20O2/c1-5-6-7-10(11)12-9(4)8(2)3/h8-9H,5-7H2,1-4H3. The molecule has 0 spiro atoms. The number of hydrogen-bond acceptors (Lipinski definition) is 2. The first-order chi connectivity index (χ1) is 5.57. The van der Waals surface area contributed by atoms with Gasteiger partial charge in [0, 0.05) is 6.42 Å². The molecule has 0 aliphatic carbocycles. The normalized spacial score (nSPS) is 13.1. The molecule has 0 saturated heterocycles. The van der Waals surface area contributed by atoms with Crippen LogP contribution in [0, 0.1) is 5.92 Å². The van der Waals surface area contributed by atoms with Crippen LogP contribution in [-0.4, -0.2) is 12.1 Å². The van der Waals surface area contributed by atoms with E-state index < -0.39 is 0 Å². The molecule has 0 amide bonds. The van der Waals surface area contributed by atoms with Gasteiger partial charge in [-0.3, -0.25) is 4.79 Å². The number of carbonyl (C=O) groups is 1. The Balaban J connectivity index is 3.54. The lowest BCUT2D eigenvalue weighted by Crippen LogP contribution is -2.19. The molecule has 1 unspecified atom stereocenters. The maximum absolute atomic E-state index is 11.1. The summed E-state index contributed by atoms with van der Waals surface area (Å²) in [5, 5.41) is 0. The second-order valence-electron chi connectivity index (χ2n) is 3.54. The first-order valence-corrected chi connectivity index (χ1v) is 4.77. The van der Waals surface area contributed by atoms with Gasteiger partial charge in [0.05, 0.1) is 0 Å². The molecule has 12 heavy (non-hydrogen) atoms. The molecule has 2 heteroatoms. The summed E-state index contributed by atoms with van der Waals surface area (Å²) in [5.41, 5.74) is 0. The number of ether oxygens (including phenoxy) is 1. The zero-order chi connectivity index (χ0) is 9.56. The van der Waals surface area contributed by atoms with Crippen LogP contribution >= 0.6 is 0 Å². The van der Waals surface area contributed by atoms with Crippen molar-refractivity contribution in [1.82, 2.24) is 0 Å². The predicted octanol–water partition coefficient (Wildman–Crippen LogP) is 2.76. The lowest BCUT2D eigenvalue weighted by Gasteiger charge is -2.16. The van der Waals surface area contributed by atoms with E-state index in [1.807, 2.05) is 6.92 Å². The van der Waals surface area contributed by atoms with Crippen molar-refractivity contribution in [3.63, 3.8) is 0 Å². The molecule has 0 rings (SSSR count). The minimum Gasteiger partial charge on any atom is -0.462 e. The van der Waals surface area contributed by atoms with Crippen molar-refractivity contribution in [2.24, 2.45) is 5.92 Å². The molecule has 0 bridgehead atoms. The zero-order valence-corrected chi connectivity index (χ0v) is 8.59. The summed E-state index contributed by atoms with van der Waals surface area (Å²) < 4.78 is 5.17. The summed E-state index contributed by atoms with van der Waals surface area (Å²) >= 11 is 0. The molecule has 0 aliphatic heterocycles. The van der Waals surface area contributed by atoms with Crippen LogP contribution in [0.25, 0.3) is 0 Å². The molecule has 72 valence electrons. The van der Waals surface area contributed by atoms with Crippen LogP contribution in [0.1, 0.15) is 47.0 Å². The summed E-state index contributed by atoms with van der Waals surface area (Å²) in [4.78, 5) is 11.1. The Morgan fingerprint density at radius 2 is 1.92 bits per heavy atom. The molecular formula is C10H20O2. The summed E-state index contributed by atoms with van der Waals surface area (Å²) in [6.45, 7) is 8.11. The number of unbranched alkanes of at least 4 members (excludes halogenated alkanes) is 1. The summed E-state index contributed by atoms with van der Waals surface area (Å²) in [7, 11) is 0. The van der Waals surface area contributed by atoms with Gasteiger partial charge >= 0.3 is 5.97 Å². The van der Waals surface area contributed by atoms with E-state index in [0.717, 1.165) is 12.8 Å². The molecule has 0 saturated carbocycles. The smallest absolute Gasteiger partial charge is 0.306 e. The Labute approximate surface area is 75.3 Å². The van der Waals surface area contributed by atoms with Gasteiger partial charge in [-0.2, -0.15) is 0 Å². The fourth-order valence-corrected chi connectivity index (χ4v) is 0.723. The van der Waals surface area contributed by atoms with Crippen molar-refractivity contribution in [3.05, 3.63) is 0 Å². The van der Waals surface area contributed by atoms with Gasteiger partial charge in [0.15, 0.2) is 0 Å². The molecule has 0 aromatic heterocycles. The number of rotatable bonds is 5. The largest absolute Gasteiger partial charge is 0.462 e. The van der Waals surface area contributed by atoms with Crippen LogP contribution in [0.2, 0.25) is 0 Å². The quantitative estimate of drug-likeness (QED) is 0.596. The Bertz CT molecular complexity index is 130. The Morgan fingerprint density at radius 1 is 1.33 bits per heavy atom. The van der Waals surface area contributed by atoms with Crippen LogP contribution in [0.5, 0.6) is 0 Å². The number of esters is 1. The lowest BCUT2D eigenvalue weighted by molar-refractivity contribution is -0.150. The second-order valence-corrected chi connectivity index (χ2v) is 3.54. The van der Waals surface area contributed by atoms with E-state index in [1.165, 1.54) is 0 Å². The average Bonchev–Trinajstić information content (AvgIpc) is 2.00. The van der Waals surface area contributed by atoms with Gasteiger partial charge in [-0.25, -0.2) is 0 Å². The molecule has 0 radical (unpaired) electrons. The van der Waals surface area contributed by atoms with E-state index >= 15 is 0 Å². The maximum Gasteiger partial charge on any atom is 0.306 e. The highest BCUT2D eigenvalue weighted by Gasteiger charge is 2.11. The highest BCUT2D eigenvalue weighted by Crippen LogP contribution is 2.07. The molecule has 2 nitrogen and oxygen atoms in total. The van der Waals surface area contributed by atoms with Crippen molar-refractivity contribution in [2.75, 3.05) is 0 Å². The number of hydrogen-bond donors (Lipinski definition) is 0. The van der Waals surface area contributed by atoms with E-state index in [9.17, 15) is 4.79 Å². The predicted molar refractivity (Wildman–Crippen MR) is 49.9 cm³/mol. The summed E-state index contributed by atoms with van der Waals surface area (Å²) in [6, 6.07) is 0. The monoisotopic (exact) mass is 172 g/mol. The summed E-state index contributed by atoms with van der Waals surface area (Å²) in [6.07, 6.45) is 2.59. The fourth-order valence-electron chi connectivity index (χ4n) is 0.723. The van der Waals surface area contributed by atoms with Gasteiger partial charge < -0.3 is 4.74 Å². The first-order valence-electron chi connectivity index (χ1n) is 4.77. The minimum absolute atomic E-state index is 0.0503. The van der Waals surface area contributed by atoms with E-state index in [0.29, 0.717) is 12.3 Å². The van der Waals surface area contributed by atoms with Gasteiger partial charge in [-0.1, -0.05) is 27.2 Å². The zero-order valence-electron chi connectivity index (χ0n) is 8.59. The van der Waals surface area contributed by atoms with Gasteiger partial charge in [-0.15, -0.1) is 0 Å². The van der Waals surface area contributed by atoms with Crippen LogP contribution in [0.3, 0.4) is 0 Å². The van der Waals surface area contributed by atoms with Crippen LogP contribution < -0.4 is 0 Å². The third-order valence-electron chi connectivity index (χ3n) is 1.99. The molecule has 0 N–H and O–H groups in total. The Kier molecular flexibility index (Phi) is 5.77. The Hall–Kier alpha value is -0.530. The third kappa shape index (κ3) is 5.16. The molecule has 0 aliphatic rings. The van der Waals surface area contributed by atoms with Crippen molar-refractivity contribution in [2.45, 2.75) is 53.1 Å². The van der Waals surface area contributed by atoms with E-state index in [1.54, 1.807) is 0 Å². The summed E-state index contributed by atoms with van der Waals surface area (Å²) in [5.74, 6) is 0.355. The highest BCUT2D eigenvalue weighted by molar-refractivity contribution is 5.69. The molecule has 1 atom stereocenters. The molecule has 0 aromatic rings. The molecular weight excluding hydrogens is 152 g/mol. The van der Waals surface area contributed by atoms with Gasteiger partial charge in [0.2, 0.25) is 0 Å². The van der Waals surface area contributed by atoms with E-state index in [2.05, 4.69) is 20.8 Å². The first kappa shape index (κ1) is 11.5. The number of carbonyl (C=O) groups excluding carboxylic acids is 1. The highest BCUT2D eigenvalue weighted by atomic mass is 16.5. The molecule has 0 fully saturated rings. The van der Waals surface area contributed by atoms with Crippen molar-refractivity contribution < 1.29 is 9.53 Å². The fraction of sp³-hybridized carbons (Fsp3) is 0.900. The minimum atomic E-state index is -0.0574. The third-order valence-corrected chi connectivity index (χ3v) is 1.99. The molecule has 0 heterocycles. The van der Waals surface area contributed by atoms with Crippen LogP contribution in [-0.2, 0) is 9.53 Å².